The van der Waals surface area contributed by atoms with E-state index in [4.69, 9.17) is 0 Å². The molecule has 0 bridgehead atoms. The normalized spacial score (nSPS) is 10.8. The van der Waals surface area contributed by atoms with Crippen LogP contribution in [-0.2, 0) is 5.75 Å². The number of rotatable bonds is 3. The van der Waals surface area contributed by atoms with Crippen LogP contribution < -0.4 is 0 Å². The molecule has 3 rings (SSSR count). The highest BCUT2D eigenvalue weighted by Crippen LogP contribution is 2.30. The van der Waals surface area contributed by atoms with Crippen LogP contribution in [-0.4, -0.2) is 9.97 Å². The first-order valence-corrected chi connectivity index (χ1v) is 7.15. The van der Waals surface area contributed by atoms with Gasteiger partial charge in [-0.05, 0) is 17.0 Å². The van der Waals surface area contributed by atoms with Crippen molar-refractivity contribution in [1.29, 1.82) is 0 Å². The molecule has 1 aromatic carbocycles. The van der Waals surface area contributed by atoms with Crippen molar-refractivity contribution in [2.75, 3.05) is 0 Å². The van der Waals surface area contributed by atoms with Crippen LogP contribution in [0.1, 0.15) is 5.56 Å². The Balaban J connectivity index is 1.84. The summed E-state index contributed by atoms with van der Waals surface area (Å²) in [5.74, 6) is 0.949. The molecule has 0 N–H and O–H groups in total. The van der Waals surface area contributed by atoms with Crippen molar-refractivity contribution in [2.24, 2.45) is 0 Å². The zero-order valence-electron chi connectivity index (χ0n) is 9.04. The van der Waals surface area contributed by atoms with E-state index in [1.54, 1.807) is 29.4 Å². The fourth-order valence-corrected chi connectivity index (χ4v) is 3.50. The molecule has 0 amide bonds. The van der Waals surface area contributed by atoms with E-state index >= 15 is 0 Å². The molecular formula is C13H10N2S2. The summed E-state index contributed by atoms with van der Waals surface area (Å²) in [6.45, 7) is 0. The third-order valence-electron chi connectivity index (χ3n) is 2.43. The number of thioether (sulfide) groups is 1. The highest BCUT2D eigenvalue weighted by molar-refractivity contribution is 7.98. The third kappa shape index (κ3) is 2.33. The van der Waals surface area contributed by atoms with E-state index in [1.165, 1.54) is 10.3 Å². The molecule has 0 radical (unpaired) electrons. The summed E-state index contributed by atoms with van der Waals surface area (Å²) in [5.41, 5.74) is 2.36. The van der Waals surface area contributed by atoms with Gasteiger partial charge in [0.2, 0.25) is 0 Å². The third-order valence-corrected chi connectivity index (χ3v) is 4.53. The Morgan fingerprint density at radius 3 is 2.82 bits per heavy atom. The van der Waals surface area contributed by atoms with E-state index in [9.17, 15) is 0 Å². The average molecular weight is 258 g/mol. The first-order valence-electron chi connectivity index (χ1n) is 5.28. The summed E-state index contributed by atoms with van der Waals surface area (Å²) in [6.07, 6.45) is 1.64. The van der Waals surface area contributed by atoms with E-state index in [0.717, 1.165) is 16.3 Å². The summed E-state index contributed by atoms with van der Waals surface area (Å²) < 4.78 is 1.19. The minimum Gasteiger partial charge on any atom is -0.235 e. The van der Waals surface area contributed by atoms with Crippen LogP contribution >= 0.6 is 23.1 Å². The number of fused-ring (bicyclic) bond motifs is 1. The van der Waals surface area contributed by atoms with Gasteiger partial charge in [0.15, 0.2) is 0 Å². The number of hydrogen-bond donors (Lipinski definition) is 0. The molecule has 0 saturated heterocycles. The molecule has 2 heterocycles. The molecule has 4 heteroatoms. The fourth-order valence-electron chi connectivity index (χ4n) is 1.60. The van der Waals surface area contributed by atoms with Crippen LogP contribution in [0.25, 0.3) is 10.2 Å². The highest BCUT2D eigenvalue weighted by atomic mass is 32.2. The first kappa shape index (κ1) is 10.7. The largest absolute Gasteiger partial charge is 0.235 e. The predicted molar refractivity (Wildman–Crippen MR) is 73.4 cm³/mol. The van der Waals surface area contributed by atoms with Crippen molar-refractivity contribution >= 4 is 33.3 Å². The minimum atomic E-state index is 0.949. The summed E-state index contributed by atoms with van der Waals surface area (Å²) in [4.78, 5) is 8.60. The molecule has 3 aromatic rings. The maximum absolute atomic E-state index is 4.36. The second kappa shape index (κ2) is 4.85. The van der Waals surface area contributed by atoms with Crippen LogP contribution in [0.2, 0.25) is 0 Å². The van der Waals surface area contributed by atoms with E-state index in [1.807, 2.05) is 12.1 Å². The van der Waals surface area contributed by atoms with Crippen molar-refractivity contribution in [1.82, 2.24) is 9.97 Å². The lowest BCUT2D eigenvalue weighted by atomic mass is 10.2. The van der Waals surface area contributed by atoms with Gasteiger partial charge in [0.05, 0.1) is 10.2 Å². The lowest BCUT2D eigenvalue weighted by molar-refractivity contribution is 1.11. The summed E-state index contributed by atoms with van der Waals surface area (Å²) in [5, 5.41) is 3.14. The van der Waals surface area contributed by atoms with Gasteiger partial charge in [-0.1, -0.05) is 30.3 Å². The number of benzene rings is 1. The number of nitrogens with zero attached hydrogens (tertiary/aromatic N) is 2. The molecule has 2 aromatic heterocycles. The molecule has 0 aliphatic heterocycles. The summed E-state index contributed by atoms with van der Waals surface area (Å²) in [6, 6.07) is 12.5. The second-order valence-corrected chi connectivity index (χ2v) is 5.47. The average Bonchev–Trinajstić information content (AvgIpc) is 2.86. The van der Waals surface area contributed by atoms with Gasteiger partial charge in [0.25, 0.3) is 0 Å². The Bertz CT molecular complexity index is 619. The zero-order chi connectivity index (χ0) is 11.5. The van der Waals surface area contributed by atoms with Gasteiger partial charge in [-0.2, -0.15) is 0 Å². The van der Waals surface area contributed by atoms with Crippen LogP contribution in [0, 0.1) is 0 Å². The topological polar surface area (TPSA) is 25.8 Å². The Labute approximate surface area is 108 Å². The lowest BCUT2D eigenvalue weighted by Crippen LogP contribution is -1.84. The van der Waals surface area contributed by atoms with Gasteiger partial charge in [0.1, 0.15) is 11.4 Å². The van der Waals surface area contributed by atoms with Crippen LogP contribution in [0.3, 0.4) is 0 Å². The standard InChI is InChI=1S/C13H10N2S2/c1-2-4-10(5-3-1)8-17-13-12-11(6-7-16-12)14-9-15-13/h1-7,9H,8H2. The van der Waals surface area contributed by atoms with E-state index in [2.05, 4.69) is 39.6 Å². The Morgan fingerprint density at radius 2 is 1.94 bits per heavy atom. The molecule has 0 fully saturated rings. The number of aromatic nitrogens is 2. The van der Waals surface area contributed by atoms with Crippen molar-refractivity contribution in [2.45, 2.75) is 10.8 Å². The minimum absolute atomic E-state index is 0.949. The van der Waals surface area contributed by atoms with Gasteiger partial charge < -0.3 is 0 Å². The molecule has 84 valence electrons. The monoisotopic (exact) mass is 258 g/mol. The second-order valence-electron chi connectivity index (χ2n) is 3.59. The van der Waals surface area contributed by atoms with Crippen LogP contribution in [0.15, 0.2) is 53.1 Å². The van der Waals surface area contributed by atoms with Gasteiger partial charge in [-0.25, -0.2) is 9.97 Å². The highest BCUT2D eigenvalue weighted by Gasteiger charge is 2.05. The molecule has 0 atom stereocenters. The van der Waals surface area contributed by atoms with Gasteiger partial charge >= 0.3 is 0 Å². The molecule has 0 aliphatic rings. The molecule has 2 nitrogen and oxygen atoms in total. The van der Waals surface area contributed by atoms with E-state index < -0.39 is 0 Å². The van der Waals surface area contributed by atoms with Crippen molar-refractivity contribution in [3.05, 3.63) is 53.7 Å². The molecule has 0 spiro atoms. The predicted octanol–water partition coefficient (Wildman–Crippen LogP) is 3.98. The molecule has 17 heavy (non-hydrogen) atoms. The number of thiophene rings is 1. The Hall–Kier alpha value is -1.39. The first-order chi connectivity index (χ1) is 8.43. The van der Waals surface area contributed by atoms with E-state index in [0.29, 0.717) is 0 Å². The maximum Gasteiger partial charge on any atom is 0.118 e. The fraction of sp³-hybridized carbons (Fsp3) is 0.0769. The molecule has 0 saturated carbocycles. The zero-order valence-corrected chi connectivity index (χ0v) is 10.7. The SMILES string of the molecule is c1ccc(CSc2ncnc3ccsc23)cc1. The molecule has 0 aliphatic carbocycles. The molecular weight excluding hydrogens is 248 g/mol. The summed E-state index contributed by atoms with van der Waals surface area (Å²) in [7, 11) is 0. The lowest BCUT2D eigenvalue weighted by Gasteiger charge is -2.01. The van der Waals surface area contributed by atoms with Crippen molar-refractivity contribution in [3.63, 3.8) is 0 Å². The van der Waals surface area contributed by atoms with Gasteiger partial charge in [-0.3, -0.25) is 0 Å². The Kier molecular flexibility index (Phi) is 3.07. The Morgan fingerprint density at radius 1 is 1.06 bits per heavy atom. The van der Waals surface area contributed by atoms with Crippen LogP contribution in [0.4, 0.5) is 0 Å². The molecule has 0 unspecified atom stereocenters. The van der Waals surface area contributed by atoms with Crippen molar-refractivity contribution in [3.8, 4) is 0 Å². The smallest absolute Gasteiger partial charge is 0.118 e. The quantitative estimate of drug-likeness (QED) is 0.525. The van der Waals surface area contributed by atoms with Crippen molar-refractivity contribution < 1.29 is 0 Å². The summed E-state index contributed by atoms with van der Waals surface area (Å²) >= 11 is 3.47. The number of hydrogen-bond acceptors (Lipinski definition) is 4. The van der Waals surface area contributed by atoms with Gasteiger partial charge in [-0.15, -0.1) is 23.1 Å². The van der Waals surface area contributed by atoms with Gasteiger partial charge in [0, 0.05) is 5.75 Å². The van der Waals surface area contributed by atoms with Crippen LogP contribution in [0.5, 0.6) is 0 Å². The van der Waals surface area contributed by atoms with E-state index in [-0.39, 0.29) is 0 Å². The maximum atomic E-state index is 4.36.